The van der Waals surface area contributed by atoms with Crippen LogP contribution < -0.4 is 24.0 Å². The Balaban J connectivity index is 0.00000364. The Morgan fingerprint density at radius 2 is 0.743 bits per heavy atom. The van der Waals surface area contributed by atoms with Gasteiger partial charge in [0.25, 0.3) is 0 Å². The zero-order chi connectivity index (χ0) is 51.1. The Hall–Kier alpha value is -5.70. The molecule has 382 valence electrons. The predicted octanol–water partition coefficient (Wildman–Crippen LogP) is 12.7. The number of benzene rings is 4. The molecule has 6 nitrogen and oxygen atoms in total. The van der Waals surface area contributed by atoms with Gasteiger partial charge in [0, 0.05) is 22.3 Å². The van der Waals surface area contributed by atoms with Gasteiger partial charge in [-0.1, -0.05) is 193 Å². The molecule has 0 aliphatic carbocycles. The molecule has 74 heavy (non-hydrogen) atoms. The third-order valence-electron chi connectivity index (χ3n) is 14.7. The minimum Gasteiger partial charge on any atom is -1.00 e. The van der Waals surface area contributed by atoms with Crippen molar-refractivity contribution in [2.24, 2.45) is 20.0 Å². The molecule has 8 heteroatoms. The molecule has 0 radical (unpaired) electrons. The molecule has 0 atom stereocenters. The fourth-order valence-corrected chi connectivity index (χ4v) is 10.4. The van der Waals surface area contributed by atoms with Crippen molar-refractivity contribution in [1.29, 1.82) is 0 Å². The number of allylic oxidation sites excluding steroid dienone is 10. The zero-order valence-corrected chi connectivity index (χ0v) is 48.9. The number of rotatable bonds is 7. The van der Waals surface area contributed by atoms with Crippen molar-refractivity contribution in [2.45, 2.75) is 125 Å². The number of halogens is 1. The smallest absolute Gasteiger partial charge is 1.00 e. The van der Waals surface area contributed by atoms with E-state index in [1.54, 1.807) is 0 Å². The number of fused-ring (bicyclic) bond motifs is 6. The molecule has 0 spiro atoms. The van der Waals surface area contributed by atoms with E-state index >= 15 is 0 Å². The molecule has 0 fully saturated rings. The molecule has 8 bridgehead atoms. The molecule has 0 N–H and O–H groups in total. The van der Waals surface area contributed by atoms with E-state index in [-0.39, 0.29) is 62.1 Å². The molecule has 6 aliphatic rings. The van der Waals surface area contributed by atoms with Crippen molar-refractivity contribution in [2.75, 3.05) is 13.6 Å². The maximum absolute atomic E-state index is 5.94. The van der Waals surface area contributed by atoms with Gasteiger partial charge in [0.2, 0.25) is 0 Å². The molecule has 0 unspecified atom stereocenters. The van der Waals surface area contributed by atoms with Crippen LogP contribution in [0.5, 0.6) is 0 Å². The largest absolute Gasteiger partial charge is 2.00 e. The summed E-state index contributed by atoms with van der Waals surface area (Å²) in [4.78, 5) is 27.6. The van der Waals surface area contributed by atoms with Crippen LogP contribution in [0.15, 0.2) is 188 Å². The first-order valence-electron chi connectivity index (χ1n) is 26.0. The third kappa shape index (κ3) is 10.3. The van der Waals surface area contributed by atoms with E-state index in [0.29, 0.717) is 0 Å². The van der Waals surface area contributed by atoms with E-state index in [2.05, 4.69) is 247 Å². The van der Waals surface area contributed by atoms with Gasteiger partial charge >= 0.3 is 16.5 Å². The minimum absolute atomic E-state index is 0. The van der Waals surface area contributed by atoms with Crippen LogP contribution >= 0.6 is 0 Å². The first-order chi connectivity index (χ1) is 34.1. The van der Waals surface area contributed by atoms with E-state index < -0.39 is 0 Å². The molecule has 0 saturated carbocycles. The van der Waals surface area contributed by atoms with Gasteiger partial charge < -0.3 is 33.8 Å². The van der Waals surface area contributed by atoms with Crippen LogP contribution in [-0.2, 0) is 38.2 Å². The summed E-state index contributed by atoms with van der Waals surface area (Å²) in [5.74, 6) is 0. The molecule has 6 aliphatic heterocycles. The SMILES string of the molecule is CCCCN1[CH-]N(C)C2=C1C1=C(c3ccc(C(C)(C)C)cc3)C3=NC(=C(c4ccc(C(C)(C)C)cc4)C4=NC(=C(c5ccc(C(C)(C)C)cc5)C5=NC(=C(c6ccc(C(C)(C)C)cc6)C2=N1)C=C5)C=C4)C=C3.[I-].[Ni+2]. The van der Waals surface area contributed by atoms with E-state index in [0.717, 1.165) is 121 Å². The summed E-state index contributed by atoms with van der Waals surface area (Å²) in [7, 11) is 2.17. The Kier molecular flexibility index (Phi) is 15.1. The minimum atomic E-state index is -0.0141. The summed E-state index contributed by atoms with van der Waals surface area (Å²) >= 11 is 0. The van der Waals surface area contributed by atoms with E-state index in [4.69, 9.17) is 20.0 Å². The van der Waals surface area contributed by atoms with Gasteiger partial charge in [-0.15, -0.1) is 0 Å². The fourth-order valence-electron chi connectivity index (χ4n) is 10.4. The van der Waals surface area contributed by atoms with Crippen LogP contribution in [0.4, 0.5) is 0 Å². The topological polar surface area (TPSA) is 55.9 Å². The number of unbranched alkanes of at least 4 members (excludes halogenated alkanes) is 1. The van der Waals surface area contributed by atoms with Crippen molar-refractivity contribution in [3.63, 3.8) is 0 Å². The van der Waals surface area contributed by atoms with Crippen LogP contribution in [-0.4, -0.2) is 46.2 Å². The third-order valence-corrected chi connectivity index (χ3v) is 14.7. The summed E-state index contributed by atoms with van der Waals surface area (Å²) in [6.45, 7) is 32.6. The monoisotopic (exact) mass is 1130 g/mol. The Morgan fingerprint density at radius 3 is 1.09 bits per heavy atom. The number of nitrogens with zero attached hydrogens (tertiary/aromatic N) is 6. The molecular formula is C66H71IN6Ni. The van der Waals surface area contributed by atoms with Gasteiger partial charge in [0.05, 0.1) is 57.0 Å². The number of aliphatic imine (C=N–C) groups is 4. The maximum atomic E-state index is 5.94. The Morgan fingerprint density at radius 1 is 0.419 bits per heavy atom. The van der Waals surface area contributed by atoms with Crippen LogP contribution in [0.1, 0.15) is 147 Å². The van der Waals surface area contributed by atoms with Crippen LogP contribution in [0, 0.1) is 6.67 Å². The quantitative estimate of drug-likeness (QED) is 0.105. The van der Waals surface area contributed by atoms with Gasteiger partial charge in [-0.2, -0.15) is 6.67 Å². The molecule has 4 aromatic rings. The molecule has 10 rings (SSSR count). The van der Waals surface area contributed by atoms with Gasteiger partial charge in [-0.3, -0.25) is 0 Å². The zero-order valence-electron chi connectivity index (χ0n) is 45.8. The predicted molar refractivity (Wildman–Crippen MR) is 306 cm³/mol. The summed E-state index contributed by atoms with van der Waals surface area (Å²) in [6, 6.07) is 36.2. The first kappa shape index (κ1) is 54.6. The summed E-state index contributed by atoms with van der Waals surface area (Å²) in [6.07, 6.45) is 15.2. The molecule has 0 saturated heterocycles. The van der Waals surface area contributed by atoms with Gasteiger partial charge in [-0.05, 0) is 123 Å². The number of hydrogen-bond donors (Lipinski definition) is 0. The summed E-state index contributed by atoms with van der Waals surface area (Å²) in [5.41, 5.74) is 22.4. The van der Waals surface area contributed by atoms with E-state index in [1.807, 2.05) is 0 Å². The van der Waals surface area contributed by atoms with Crippen molar-refractivity contribution in [1.82, 2.24) is 9.80 Å². The van der Waals surface area contributed by atoms with Crippen LogP contribution in [0.2, 0.25) is 0 Å². The first-order valence-corrected chi connectivity index (χ1v) is 26.0. The second-order valence-electron chi connectivity index (χ2n) is 24.2. The number of hydrogen-bond acceptors (Lipinski definition) is 6. The van der Waals surface area contributed by atoms with E-state index in [1.165, 1.54) is 22.3 Å². The van der Waals surface area contributed by atoms with Crippen LogP contribution in [0.25, 0.3) is 22.3 Å². The standard InChI is InChI=1S/C66H71N6.HI.Ni/c1-15-16-39-72-40-71(14)61-59-57(43-21-29-47(30-22-43)65(8,9)10)53-37-35-51(68-53)55(41-17-25-45(26-18-41)63(2,3)4)49-33-34-50(67-49)56(42-19-27-46(28-20-42)64(5,6)7)52-36-38-54(69-52)58(60(70-59)62(61)72)44-23-31-48(32-24-44)66(11,12)13;;/h17-38,40H,15-16,39H2,1-14H3;1H;/q-1;;+2/p-1. The van der Waals surface area contributed by atoms with Crippen molar-refractivity contribution in [3.8, 4) is 0 Å². The second kappa shape index (κ2) is 20.4. The fraction of sp³-hybridized carbons (Fsp3) is 0.318. The summed E-state index contributed by atoms with van der Waals surface area (Å²) in [5, 5.41) is 0. The molecule has 4 aromatic carbocycles. The molecule has 0 amide bonds. The summed E-state index contributed by atoms with van der Waals surface area (Å²) < 4.78 is 0. The molecule has 6 heterocycles. The molecular weight excluding hydrogens is 1060 g/mol. The van der Waals surface area contributed by atoms with Gasteiger partial charge in [0.15, 0.2) is 0 Å². The normalized spacial score (nSPS) is 17.6. The van der Waals surface area contributed by atoms with Crippen molar-refractivity contribution < 1.29 is 40.5 Å². The average Bonchev–Trinajstić information content (AvgIpc) is 4.19. The van der Waals surface area contributed by atoms with Crippen molar-refractivity contribution in [3.05, 3.63) is 219 Å². The molecule has 0 aromatic heterocycles. The maximum Gasteiger partial charge on any atom is 2.00 e. The average molecular weight is 1130 g/mol. The Labute approximate surface area is 469 Å². The van der Waals surface area contributed by atoms with Crippen LogP contribution in [0.3, 0.4) is 0 Å². The van der Waals surface area contributed by atoms with Crippen molar-refractivity contribution >= 4 is 45.1 Å². The second-order valence-corrected chi connectivity index (χ2v) is 24.2. The van der Waals surface area contributed by atoms with E-state index in [9.17, 15) is 0 Å². The Bertz CT molecular complexity index is 3280. The van der Waals surface area contributed by atoms with Gasteiger partial charge in [-0.25, -0.2) is 20.0 Å². The van der Waals surface area contributed by atoms with Gasteiger partial charge in [0.1, 0.15) is 0 Å².